The van der Waals surface area contributed by atoms with Crippen molar-refractivity contribution in [2.24, 2.45) is 11.3 Å². The van der Waals surface area contributed by atoms with E-state index in [0.717, 1.165) is 32.1 Å². The molecule has 0 bridgehead atoms. The van der Waals surface area contributed by atoms with E-state index < -0.39 is 29.3 Å². The van der Waals surface area contributed by atoms with Crippen LogP contribution in [0.2, 0.25) is 0 Å². The molecule has 40 heavy (non-hydrogen) atoms. The summed E-state index contributed by atoms with van der Waals surface area (Å²) in [6.45, 7) is 4.20. The fraction of sp³-hybridized carbons (Fsp3) is 0.424. The lowest BCUT2D eigenvalue weighted by atomic mass is 9.75. The van der Waals surface area contributed by atoms with Gasteiger partial charge >= 0.3 is 5.97 Å². The predicted octanol–water partition coefficient (Wildman–Crippen LogP) is 8.62. The molecule has 0 spiro atoms. The molecule has 0 amide bonds. The van der Waals surface area contributed by atoms with Gasteiger partial charge in [-0.05, 0) is 90.0 Å². The van der Waals surface area contributed by atoms with Crippen molar-refractivity contribution < 1.29 is 32.5 Å². The molecule has 2 aliphatic rings. The van der Waals surface area contributed by atoms with Crippen molar-refractivity contribution in [1.29, 1.82) is 0 Å². The summed E-state index contributed by atoms with van der Waals surface area (Å²) in [7, 11) is 1.48. The monoisotopic (exact) mass is 552 g/mol. The number of halogens is 3. The summed E-state index contributed by atoms with van der Waals surface area (Å²) in [5.41, 5.74) is 1.80. The van der Waals surface area contributed by atoms with Crippen LogP contribution in [0.3, 0.4) is 0 Å². The first-order valence-corrected chi connectivity index (χ1v) is 13.9. The molecule has 5 rings (SSSR count). The second-order valence-corrected chi connectivity index (χ2v) is 11.8. The van der Waals surface area contributed by atoms with Crippen molar-refractivity contribution in [2.45, 2.75) is 70.8 Å². The average Bonchev–Trinajstić information content (AvgIpc) is 3.69. The summed E-state index contributed by atoms with van der Waals surface area (Å²) in [6, 6.07) is 12.3. The van der Waals surface area contributed by atoms with Gasteiger partial charge in [0.05, 0.1) is 13.5 Å². The maximum absolute atomic E-state index is 15.9. The first-order valence-electron chi connectivity index (χ1n) is 13.9. The summed E-state index contributed by atoms with van der Waals surface area (Å²) in [5.74, 6) is -2.48. The van der Waals surface area contributed by atoms with Crippen molar-refractivity contribution in [2.75, 3.05) is 7.11 Å². The first kappa shape index (κ1) is 28.1. The minimum atomic E-state index is -0.965. The Morgan fingerprint density at radius 3 is 2.48 bits per heavy atom. The molecule has 7 heteroatoms. The number of hydrogen-bond donors (Lipinski definition) is 1. The molecule has 2 atom stereocenters. The lowest BCUT2D eigenvalue weighted by molar-refractivity contribution is -0.137. The minimum Gasteiger partial charge on any atom is -0.497 e. The number of hydrogen-bond acceptors (Lipinski definition) is 3. The molecule has 2 fully saturated rings. The molecule has 4 nitrogen and oxygen atoms in total. The van der Waals surface area contributed by atoms with Crippen molar-refractivity contribution in [3.05, 3.63) is 82.7 Å². The normalized spacial score (nSPS) is 18.9. The molecule has 0 radical (unpaired) electrons. The van der Waals surface area contributed by atoms with Gasteiger partial charge < -0.3 is 14.6 Å². The summed E-state index contributed by atoms with van der Waals surface area (Å²) in [5, 5.41) is 9.34. The van der Waals surface area contributed by atoms with E-state index in [9.17, 15) is 9.90 Å². The van der Waals surface area contributed by atoms with Crippen LogP contribution in [0, 0.1) is 28.8 Å². The van der Waals surface area contributed by atoms with E-state index in [1.165, 1.54) is 37.4 Å². The number of carbonyl (C=O) groups is 1. The zero-order valence-electron chi connectivity index (χ0n) is 23.1. The summed E-state index contributed by atoms with van der Waals surface area (Å²) >= 11 is 0. The number of carboxylic acid groups (broad SMARTS) is 1. The molecule has 3 aromatic carbocycles. The molecule has 3 aromatic rings. The highest BCUT2D eigenvalue weighted by Gasteiger charge is 2.38. The summed E-state index contributed by atoms with van der Waals surface area (Å²) in [6.07, 6.45) is 4.41. The average molecular weight is 553 g/mol. The highest BCUT2D eigenvalue weighted by atomic mass is 19.1. The van der Waals surface area contributed by atoms with E-state index in [4.69, 9.17) is 9.47 Å². The van der Waals surface area contributed by atoms with Gasteiger partial charge in [0.2, 0.25) is 0 Å². The van der Waals surface area contributed by atoms with E-state index in [1.807, 2.05) is 6.07 Å². The van der Waals surface area contributed by atoms with Gasteiger partial charge in [0, 0.05) is 17.0 Å². The maximum atomic E-state index is 15.9. The maximum Gasteiger partial charge on any atom is 0.303 e. The fourth-order valence-corrected chi connectivity index (χ4v) is 6.36. The quantitative estimate of drug-likeness (QED) is 0.274. The number of aliphatic carboxylic acids is 1. The van der Waals surface area contributed by atoms with Crippen LogP contribution >= 0.6 is 0 Å². The van der Waals surface area contributed by atoms with E-state index in [2.05, 4.69) is 13.8 Å². The third-order valence-corrected chi connectivity index (χ3v) is 8.63. The summed E-state index contributed by atoms with van der Waals surface area (Å²) in [4.78, 5) is 11.4. The lowest BCUT2D eigenvalue weighted by Gasteiger charge is -2.30. The van der Waals surface area contributed by atoms with Gasteiger partial charge in [-0.15, -0.1) is 0 Å². The number of carboxylic acids is 1. The molecule has 1 N–H and O–H groups in total. The smallest absolute Gasteiger partial charge is 0.303 e. The van der Waals surface area contributed by atoms with Crippen molar-refractivity contribution in [3.8, 4) is 22.6 Å². The number of rotatable bonds is 10. The van der Waals surface area contributed by atoms with Crippen LogP contribution in [0.25, 0.3) is 11.1 Å². The third kappa shape index (κ3) is 5.70. The second kappa shape index (κ2) is 11.2. The Morgan fingerprint density at radius 1 is 1.05 bits per heavy atom. The van der Waals surface area contributed by atoms with Crippen molar-refractivity contribution >= 4 is 5.97 Å². The molecule has 0 saturated heterocycles. The van der Waals surface area contributed by atoms with Gasteiger partial charge in [-0.25, -0.2) is 13.2 Å². The second-order valence-electron chi connectivity index (χ2n) is 11.8. The minimum absolute atomic E-state index is 0.000361. The van der Waals surface area contributed by atoms with E-state index >= 15 is 13.2 Å². The Labute approximate surface area is 233 Å². The Kier molecular flexibility index (Phi) is 7.85. The van der Waals surface area contributed by atoms with Gasteiger partial charge in [-0.1, -0.05) is 38.5 Å². The van der Waals surface area contributed by atoms with Gasteiger partial charge in [-0.2, -0.15) is 0 Å². The Balaban J connectivity index is 1.50. The van der Waals surface area contributed by atoms with Crippen molar-refractivity contribution in [1.82, 2.24) is 0 Å². The highest BCUT2D eigenvalue weighted by molar-refractivity contribution is 5.72. The molecule has 0 heterocycles. The van der Waals surface area contributed by atoms with Crippen LogP contribution in [-0.4, -0.2) is 18.2 Å². The molecule has 0 unspecified atom stereocenters. The molecule has 0 aliphatic heterocycles. The topological polar surface area (TPSA) is 55.8 Å². The van der Waals surface area contributed by atoms with Gasteiger partial charge in [-0.3, -0.25) is 4.79 Å². The van der Waals surface area contributed by atoms with Crippen LogP contribution < -0.4 is 9.47 Å². The van der Waals surface area contributed by atoms with Crippen LogP contribution in [0.1, 0.15) is 80.9 Å². The van der Waals surface area contributed by atoms with Crippen LogP contribution in [-0.2, 0) is 11.4 Å². The Morgan fingerprint density at radius 2 is 1.82 bits per heavy atom. The molecule has 212 valence electrons. The predicted molar refractivity (Wildman–Crippen MR) is 147 cm³/mol. The molecular formula is C33H35F3O4. The van der Waals surface area contributed by atoms with Gasteiger partial charge in [0.25, 0.3) is 0 Å². The Hall–Kier alpha value is -3.48. The van der Waals surface area contributed by atoms with Gasteiger partial charge in [0.15, 0.2) is 11.6 Å². The van der Waals surface area contributed by atoms with Crippen LogP contribution in [0.15, 0.2) is 48.5 Å². The zero-order valence-corrected chi connectivity index (χ0v) is 23.1. The number of ether oxygens (including phenoxy) is 2. The Bertz CT molecular complexity index is 1410. The highest BCUT2D eigenvalue weighted by Crippen LogP contribution is 2.52. The third-order valence-electron chi connectivity index (χ3n) is 8.63. The standard InChI is InChI=1S/C33H35F3O4/c1-33(2)13-5-7-26(33)24-14-19(15-28(35)31(24)25-16-21(39-3)11-12-27(25)34)18-40-29-8-4-6-22(32(29)36)23(17-30(37)38)20-9-10-20/h4,6,8,11-12,14-16,20,23,26H,5,7,9-10,13,17-18H2,1-3H3,(H,37,38)/t23-,26+/m0/s1. The fourth-order valence-electron chi connectivity index (χ4n) is 6.36. The molecule has 2 aliphatic carbocycles. The molecular weight excluding hydrogens is 517 g/mol. The largest absolute Gasteiger partial charge is 0.497 e. The van der Waals surface area contributed by atoms with E-state index in [1.54, 1.807) is 12.1 Å². The number of methoxy groups -OCH3 is 1. The summed E-state index contributed by atoms with van der Waals surface area (Å²) < 4.78 is 57.7. The molecule has 0 aromatic heterocycles. The lowest BCUT2D eigenvalue weighted by Crippen LogP contribution is -2.17. The zero-order chi connectivity index (χ0) is 28.6. The van der Waals surface area contributed by atoms with Crippen LogP contribution in [0.5, 0.6) is 11.5 Å². The van der Waals surface area contributed by atoms with E-state index in [-0.39, 0.29) is 47.2 Å². The first-order chi connectivity index (χ1) is 19.1. The van der Waals surface area contributed by atoms with Crippen molar-refractivity contribution in [3.63, 3.8) is 0 Å². The van der Waals surface area contributed by atoms with Gasteiger partial charge in [0.1, 0.15) is 24.0 Å². The van der Waals surface area contributed by atoms with Crippen LogP contribution in [0.4, 0.5) is 13.2 Å². The van der Waals surface area contributed by atoms with E-state index in [0.29, 0.717) is 22.4 Å². The molecule has 2 saturated carbocycles. The number of benzene rings is 3. The SMILES string of the molecule is COc1ccc(F)c(-c2c(F)cc(COc3cccc([C@@H](CC(=O)O)C4CC4)c3F)cc2[C@H]2CCCC2(C)C)c1.